The summed E-state index contributed by atoms with van der Waals surface area (Å²) in [5.74, 6) is 0.833. The fourth-order valence-corrected chi connectivity index (χ4v) is 2.56. The number of aromatic nitrogens is 4. The van der Waals surface area contributed by atoms with Crippen molar-refractivity contribution in [2.45, 2.75) is 6.54 Å². The lowest BCUT2D eigenvalue weighted by molar-refractivity contribution is 0.925. The first-order valence-electron chi connectivity index (χ1n) is 7.64. The van der Waals surface area contributed by atoms with Gasteiger partial charge in [0.15, 0.2) is 5.65 Å². The highest BCUT2D eigenvalue weighted by Gasteiger charge is 2.10. The summed E-state index contributed by atoms with van der Waals surface area (Å²) in [7, 11) is 6.02. The highest BCUT2D eigenvalue weighted by atomic mass is 15.3. The van der Waals surface area contributed by atoms with E-state index in [1.54, 1.807) is 16.9 Å². The molecule has 0 saturated heterocycles. The Labute approximate surface area is 140 Å². The minimum Gasteiger partial charge on any atom is -0.366 e. The maximum atomic E-state index is 6.02. The SMILES string of the molecule is [B]c1cnn2c(NCc3cccnc3)cc(-c3ccccc3)nc12. The van der Waals surface area contributed by atoms with Gasteiger partial charge in [-0.25, -0.2) is 4.98 Å². The smallest absolute Gasteiger partial charge is 0.150 e. The van der Waals surface area contributed by atoms with Crippen molar-refractivity contribution in [2.75, 3.05) is 5.32 Å². The zero-order valence-electron chi connectivity index (χ0n) is 12.9. The molecule has 0 fully saturated rings. The van der Waals surface area contributed by atoms with E-state index in [0.29, 0.717) is 17.7 Å². The van der Waals surface area contributed by atoms with Crippen LogP contribution in [0.3, 0.4) is 0 Å². The molecule has 24 heavy (non-hydrogen) atoms. The molecular formula is C18H14BN5. The van der Waals surface area contributed by atoms with Crippen LogP contribution in [0.25, 0.3) is 16.9 Å². The maximum absolute atomic E-state index is 6.02. The summed E-state index contributed by atoms with van der Waals surface area (Å²) >= 11 is 0. The molecule has 4 rings (SSSR count). The molecule has 0 bridgehead atoms. The number of hydrogen-bond acceptors (Lipinski definition) is 4. The summed E-state index contributed by atoms with van der Waals surface area (Å²) in [5, 5.41) is 7.71. The van der Waals surface area contributed by atoms with Gasteiger partial charge in [0.25, 0.3) is 0 Å². The lowest BCUT2D eigenvalue weighted by Gasteiger charge is -2.11. The van der Waals surface area contributed by atoms with E-state index in [9.17, 15) is 0 Å². The summed E-state index contributed by atoms with van der Waals surface area (Å²) < 4.78 is 1.72. The Morgan fingerprint density at radius 3 is 2.71 bits per heavy atom. The highest BCUT2D eigenvalue weighted by molar-refractivity contribution is 6.36. The average molecular weight is 311 g/mol. The molecule has 0 unspecified atom stereocenters. The van der Waals surface area contributed by atoms with Crippen LogP contribution in [0.15, 0.2) is 67.1 Å². The van der Waals surface area contributed by atoms with Crippen LogP contribution in [0, 0.1) is 0 Å². The maximum Gasteiger partial charge on any atom is 0.150 e. The fraction of sp³-hybridized carbons (Fsp3) is 0.0556. The van der Waals surface area contributed by atoms with Gasteiger partial charge >= 0.3 is 0 Å². The number of nitrogens with one attached hydrogen (secondary N) is 1. The van der Waals surface area contributed by atoms with E-state index in [1.807, 2.05) is 54.7 Å². The first-order valence-corrected chi connectivity index (χ1v) is 7.64. The van der Waals surface area contributed by atoms with Gasteiger partial charge in [0.2, 0.25) is 0 Å². The molecule has 0 aliphatic rings. The zero-order chi connectivity index (χ0) is 16.4. The molecule has 3 aromatic heterocycles. The lowest BCUT2D eigenvalue weighted by atomic mass is 10.0. The lowest BCUT2D eigenvalue weighted by Crippen LogP contribution is -2.09. The van der Waals surface area contributed by atoms with E-state index in [0.717, 1.165) is 22.6 Å². The molecule has 0 spiro atoms. The number of anilines is 1. The second kappa shape index (κ2) is 6.16. The van der Waals surface area contributed by atoms with E-state index in [-0.39, 0.29) is 0 Å². The Morgan fingerprint density at radius 2 is 1.92 bits per heavy atom. The van der Waals surface area contributed by atoms with Crippen molar-refractivity contribution >= 4 is 24.8 Å². The largest absolute Gasteiger partial charge is 0.366 e. The van der Waals surface area contributed by atoms with Gasteiger partial charge in [-0.15, -0.1) is 0 Å². The Morgan fingerprint density at radius 1 is 1.04 bits per heavy atom. The van der Waals surface area contributed by atoms with Crippen LogP contribution in [0.2, 0.25) is 0 Å². The van der Waals surface area contributed by atoms with Gasteiger partial charge in [0.05, 0.1) is 5.69 Å². The van der Waals surface area contributed by atoms with E-state index >= 15 is 0 Å². The third-order valence-corrected chi connectivity index (χ3v) is 3.77. The summed E-state index contributed by atoms with van der Waals surface area (Å²) in [6.45, 7) is 0.640. The first-order chi connectivity index (χ1) is 11.8. The van der Waals surface area contributed by atoms with Crippen molar-refractivity contribution in [1.82, 2.24) is 19.6 Å². The minimum absolute atomic E-state index is 0.553. The van der Waals surface area contributed by atoms with Crippen LogP contribution in [-0.2, 0) is 6.54 Å². The quantitative estimate of drug-likeness (QED) is 0.587. The van der Waals surface area contributed by atoms with E-state index in [2.05, 4.69) is 20.4 Å². The normalized spacial score (nSPS) is 10.8. The molecule has 6 heteroatoms. The first kappa shape index (κ1) is 14.4. The Kier molecular flexibility index (Phi) is 3.71. The predicted octanol–water partition coefficient (Wildman–Crippen LogP) is 2.20. The monoisotopic (exact) mass is 311 g/mol. The summed E-state index contributed by atoms with van der Waals surface area (Å²) in [4.78, 5) is 8.78. The molecule has 3 heterocycles. The third kappa shape index (κ3) is 2.74. The topological polar surface area (TPSA) is 55.1 Å². The van der Waals surface area contributed by atoms with E-state index < -0.39 is 0 Å². The Bertz CT molecular complexity index is 967. The number of pyridine rings is 1. The molecule has 0 aliphatic heterocycles. The van der Waals surface area contributed by atoms with Crippen molar-refractivity contribution in [3.63, 3.8) is 0 Å². The molecule has 0 saturated carbocycles. The Balaban J connectivity index is 1.76. The number of hydrogen-bond donors (Lipinski definition) is 1. The van der Waals surface area contributed by atoms with Crippen LogP contribution in [0.5, 0.6) is 0 Å². The summed E-state index contributed by atoms with van der Waals surface area (Å²) in [6, 6.07) is 15.9. The van der Waals surface area contributed by atoms with Gasteiger partial charge in [-0.05, 0) is 17.1 Å². The van der Waals surface area contributed by atoms with E-state index in [1.165, 1.54) is 0 Å². The standard InChI is InChI=1S/C18H14BN5/c19-15-12-22-24-17(21-11-13-5-4-8-20-10-13)9-16(23-18(15)24)14-6-2-1-3-7-14/h1-10,12,21H,11H2. The molecule has 0 aliphatic carbocycles. The van der Waals surface area contributed by atoms with Crippen LogP contribution in [-0.4, -0.2) is 27.4 Å². The van der Waals surface area contributed by atoms with Crippen LogP contribution in [0.4, 0.5) is 5.82 Å². The molecule has 0 atom stereocenters. The van der Waals surface area contributed by atoms with Crippen molar-refractivity contribution < 1.29 is 0 Å². The second-order valence-corrected chi connectivity index (χ2v) is 5.44. The average Bonchev–Trinajstić information content (AvgIpc) is 3.02. The Hall–Kier alpha value is -3.15. The van der Waals surface area contributed by atoms with Crippen LogP contribution in [0.1, 0.15) is 5.56 Å². The van der Waals surface area contributed by atoms with Crippen LogP contribution < -0.4 is 10.8 Å². The van der Waals surface area contributed by atoms with Crippen LogP contribution >= 0.6 is 0 Å². The van der Waals surface area contributed by atoms with Crippen molar-refractivity contribution in [2.24, 2.45) is 0 Å². The molecule has 114 valence electrons. The molecule has 0 amide bonds. The second-order valence-electron chi connectivity index (χ2n) is 5.44. The molecule has 4 aromatic rings. The molecule has 1 N–H and O–H groups in total. The third-order valence-electron chi connectivity index (χ3n) is 3.77. The van der Waals surface area contributed by atoms with Gasteiger partial charge in [-0.1, -0.05) is 36.4 Å². The summed E-state index contributed by atoms with van der Waals surface area (Å²) in [6.07, 6.45) is 5.21. The predicted molar refractivity (Wildman–Crippen MR) is 95.4 cm³/mol. The minimum atomic E-state index is 0.553. The molecule has 2 radical (unpaired) electrons. The van der Waals surface area contributed by atoms with Gasteiger partial charge in [0.1, 0.15) is 13.7 Å². The van der Waals surface area contributed by atoms with Crippen molar-refractivity contribution in [1.29, 1.82) is 0 Å². The number of fused-ring (bicyclic) bond motifs is 1. The van der Waals surface area contributed by atoms with E-state index in [4.69, 9.17) is 7.85 Å². The molecule has 5 nitrogen and oxygen atoms in total. The van der Waals surface area contributed by atoms with Gasteiger partial charge < -0.3 is 5.32 Å². The number of benzene rings is 1. The summed E-state index contributed by atoms with van der Waals surface area (Å²) in [5.41, 5.74) is 4.17. The van der Waals surface area contributed by atoms with Gasteiger partial charge in [-0.3, -0.25) is 4.98 Å². The van der Waals surface area contributed by atoms with Gasteiger partial charge in [0, 0.05) is 36.8 Å². The van der Waals surface area contributed by atoms with Crippen molar-refractivity contribution in [3.8, 4) is 11.3 Å². The molecule has 1 aromatic carbocycles. The fourth-order valence-electron chi connectivity index (χ4n) is 2.56. The number of nitrogens with zero attached hydrogens (tertiary/aromatic N) is 4. The highest BCUT2D eigenvalue weighted by Crippen LogP contribution is 2.21. The number of rotatable bonds is 4. The zero-order valence-corrected chi connectivity index (χ0v) is 12.9. The van der Waals surface area contributed by atoms with Gasteiger partial charge in [-0.2, -0.15) is 9.61 Å². The van der Waals surface area contributed by atoms with Crippen molar-refractivity contribution in [3.05, 3.63) is 72.7 Å². The molecular weight excluding hydrogens is 297 g/mol.